The van der Waals surface area contributed by atoms with Crippen molar-refractivity contribution in [1.82, 2.24) is 5.43 Å². The van der Waals surface area contributed by atoms with Crippen LogP contribution in [-0.2, 0) is 0 Å². The number of hydrazone groups is 1. The number of phenols is 1. The predicted octanol–water partition coefficient (Wildman–Crippen LogP) is 1.36. The topological polar surface area (TPSA) is 101 Å². The molecular weight excluding hydrogens is 278 g/mol. The molecule has 0 aliphatic heterocycles. The second-order valence-electron chi connectivity index (χ2n) is 4.25. The van der Waals surface area contributed by atoms with Crippen molar-refractivity contribution < 1.29 is 9.52 Å². The highest BCUT2D eigenvalue weighted by Crippen LogP contribution is 2.25. The van der Waals surface area contributed by atoms with Crippen LogP contribution in [0.15, 0.2) is 32.5 Å². The highest BCUT2D eigenvalue weighted by atomic mass is 32.1. The van der Waals surface area contributed by atoms with Crippen LogP contribution in [-0.4, -0.2) is 15.9 Å². The molecule has 2 aromatic rings. The summed E-state index contributed by atoms with van der Waals surface area (Å²) in [7, 11) is 0. The van der Waals surface area contributed by atoms with E-state index in [4.69, 9.17) is 10.2 Å². The first kappa shape index (κ1) is 14.0. The zero-order chi connectivity index (χ0) is 14.9. The van der Waals surface area contributed by atoms with Gasteiger partial charge >= 0.3 is 5.63 Å². The van der Waals surface area contributed by atoms with E-state index < -0.39 is 5.63 Å². The summed E-state index contributed by atoms with van der Waals surface area (Å²) in [6.45, 7) is 3.31. The Bertz CT molecular complexity index is 780. The number of aromatic hydroxyl groups is 1. The van der Waals surface area contributed by atoms with Gasteiger partial charge in [0.2, 0.25) is 0 Å². The molecule has 0 amide bonds. The van der Waals surface area contributed by atoms with Crippen molar-refractivity contribution in [2.24, 2.45) is 10.8 Å². The number of benzene rings is 1. The van der Waals surface area contributed by atoms with Crippen molar-refractivity contribution in [3.05, 3.63) is 39.7 Å². The van der Waals surface area contributed by atoms with Crippen molar-refractivity contribution in [2.75, 3.05) is 0 Å². The molecule has 4 N–H and O–H groups in total. The van der Waals surface area contributed by atoms with Gasteiger partial charge in [-0.05, 0) is 44.3 Å². The van der Waals surface area contributed by atoms with Crippen LogP contribution in [0, 0.1) is 6.92 Å². The molecule has 0 fully saturated rings. The number of fused-ring (bicyclic) bond motifs is 1. The standard InChI is InChI=1S/C13H13N3O3S/c1-6-10(17)4-3-8-5-9(12(18)19-11(6)8)7(2)15-16-13(14)20/h3-5,17H,1-2H3,(H3,14,16,20). The molecule has 0 atom stereocenters. The van der Waals surface area contributed by atoms with E-state index in [0.29, 0.717) is 27.8 Å². The lowest BCUT2D eigenvalue weighted by molar-refractivity contribution is 0.468. The highest BCUT2D eigenvalue weighted by molar-refractivity contribution is 7.80. The number of aryl methyl sites for hydroxylation is 1. The molecule has 0 unspecified atom stereocenters. The molecule has 0 bridgehead atoms. The van der Waals surface area contributed by atoms with E-state index >= 15 is 0 Å². The molecular formula is C13H13N3O3S. The summed E-state index contributed by atoms with van der Waals surface area (Å²) in [4.78, 5) is 12.0. The Hall–Kier alpha value is -2.41. The second-order valence-corrected chi connectivity index (χ2v) is 4.69. The lowest BCUT2D eigenvalue weighted by atomic mass is 10.1. The molecule has 0 saturated heterocycles. The van der Waals surface area contributed by atoms with E-state index in [9.17, 15) is 9.90 Å². The molecule has 2 rings (SSSR count). The number of rotatable bonds is 2. The zero-order valence-corrected chi connectivity index (χ0v) is 11.7. The van der Waals surface area contributed by atoms with Crippen LogP contribution in [0.2, 0.25) is 0 Å². The van der Waals surface area contributed by atoms with Gasteiger partial charge < -0.3 is 15.3 Å². The van der Waals surface area contributed by atoms with E-state index in [0.717, 1.165) is 0 Å². The zero-order valence-electron chi connectivity index (χ0n) is 10.9. The van der Waals surface area contributed by atoms with Gasteiger partial charge in [0.05, 0.1) is 11.3 Å². The molecule has 7 heteroatoms. The molecule has 20 heavy (non-hydrogen) atoms. The largest absolute Gasteiger partial charge is 0.508 e. The third-order valence-corrected chi connectivity index (χ3v) is 2.94. The van der Waals surface area contributed by atoms with Crippen LogP contribution in [0.25, 0.3) is 11.0 Å². The Labute approximate surface area is 119 Å². The number of nitrogens with zero attached hydrogens (tertiary/aromatic N) is 1. The van der Waals surface area contributed by atoms with Crippen LogP contribution in [0.3, 0.4) is 0 Å². The molecule has 0 aliphatic carbocycles. The number of phenolic OH excluding ortho intramolecular Hbond substituents is 1. The van der Waals surface area contributed by atoms with Gasteiger partial charge in [-0.15, -0.1) is 0 Å². The third kappa shape index (κ3) is 2.62. The van der Waals surface area contributed by atoms with Gasteiger partial charge in [0, 0.05) is 10.9 Å². The van der Waals surface area contributed by atoms with Crippen molar-refractivity contribution in [1.29, 1.82) is 0 Å². The summed E-state index contributed by atoms with van der Waals surface area (Å²) >= 11 is 4.64. The quantitative estimate of drug-likeness (QED) is 0.334. The maximum atomic E-state index is 12.0. The van der Waals surface area contributed by atoms with Gasteiger partial charge in [-0.2, -0.15) is 5.10 Å². The summed E-state index contributed by atoms with van der Waals surface area (Å²) in [5.41, 5.74) is 8.71. The summed E-state index contributed by atoms with van der Waals surface area (Å²) in [6, 6.07) is 4.85. The molecule has 104 valence electrons. The smallest absolute Gasteiger partial charge is 0.345 e. The van der Waals surface area contributed by atoms with Gasteiger partial charge in [-0.1, -0.05) is 0 Å². The number of thiocarbonyl (C=S) groups is 1. The lowest BCUT2D eigenvalue weighted by Gasteiger charge is -2.05. The van der Waals surface area contributed by atoms with Crippen LogP contribution in [0.1, 0.15) is 18.1 Å². The minimum absolute atomic E-state index is 0.00953. The number of hydrogen-bond acceptors (Lipinski definition) is 5. The predicted molar refractivity (Wildman–Crippen MR) is 81.0 cm³/mol. The molecule has 0 radical (unpaired) electrons. The average Bonchev–Trinajstić information content (AvgIpc) is 2.40. The average molecular weight is 291 g/mol. The molecule has 0 aliphatic rings. The molecule has 1 heterocycles. The number of nitrogens with two attached hydrogens (primary N) is 1. The SMILES string of the molecule is CC(=NNC(N)=S)c1cc2ccc(O)c(C)c2oc1=O. The van der Waals surface area contributed by atoms with E-state index in [2.05, 4.69) is 22.7 Å². The van der Waals surface area contributed by atoms with E-state index in [1.54, 1.807) is 32.0 Å². The van der Waals surface area contributed by atoms with Crippen LogP contribution < -0.4 is 16.8 Å². The first-order valence-electron chi connectivity index (χ1n) is 5.76. The maximum Gasteiger partial charge on any atom is 0.345 e. The van der Waals surface area contributed by atoms with Crippen molar-refractivity contribution in [3.63, 3.8) is 0 Å². The summed E-state index contributed by atoms with van der Waals surface area (Å²) in [6.07, 6.45) is 0. The Morgan fingerprint density at radius 1 is 1.50 bits per heavy atom. The first-order valence-corrected chi connectivity index (χ1v) is 6.17. The van der Waals surface area contributed by atoms with Crippen LogP contribution >= 0.6 is 12.2 Å². The Kier molecular flexibility index (Phi) is 3.71. The Morgan fingerprint density at radius 2 is 2.20 bits per heavy atom. The van der Waals surface area contributed by atoms with Crippen molar-refractivity contribution >= 4 is 34.0 Å². The summed E-state index contributed by atoms with van der Waals surface area (Å²) in [5, 5.41) is 14.2. The van der Waals surface area contributed by atoms with Crippen molar-refractivity contribution in [3.8, 4) is 5.75 Å². The molecule has 6 nitrogen and oxygen atoms in total. The van der Waals surface area contributed by atoms with Crippen LogP contribution in [0.4, 0.5) is 0 Å². The molecule has 0 saturated carbocycles. The van der Waals surface area contributed by atoms with E-state index in [-0.39, 0.29) is 10.9 Å². The monoisotopic (exact) mass is 291 g/mol. The first-order chi connectivity index (χ1) is 9.40. The van der Waals surface area contributed by atoms with E-state index in [1.165, 1.54) is 0 Å². The molecule has 1 aromatic heterocycles. The van der Waals surface area contributed by atoms with E-state index in [1.807, 2.05) is 0 Å². The van der Waals surface area contributed by atoms with Crippen molar-refractivity contribution in [2.45, 2.75) is 13.8 Å². The fraction of sp³-hybridized carbons (Fsp3) is 0.154. The normalized spacial score (nSPS) is 11.6. The number of nitrogens with one attached hydrogen (secondary N) is 1. The number of hydrogen-bond donors (Lipinski definition) is 3. The minimum atomic E-state index is -0.544. The third-order valence-electron chi connectivity index (χ3n) is 2.85. The lowest BCUT2D eigenvalue weighted by Crippen LogP contribution is -2.26. The fourth-order valence-corrected chi connectivity index (χ4v) is 1.81. The second kappa shape index (κ2) is 5.30. The van der Waals surface area contributed by atoms with Gasteiger partial charge in [0.15, 0.2) is 5.11 Å². The summed E-state index contributed by atoms with van der Waals surface area (Å²) in [5.74, 6) is 0.0777. The van der Waals surface area contributed by atoms with Crippen LogP contribution in [0.5, 0.6) is 5.75 Å². The van der Waals surface area contributed by atoms with Gasteiger partial charge in [0.25, 0.3) is 0 Å². The van der Waals surface area contributed by atoms with Gasteiger partial charge in [0.1, 0.15) is 11.3 Å². The highest BCUT2D eigenvalue weighted by Gasteiger charge is 2.11. The summed E-state index contributed by atoms with van der Waals surface area (Å²) < 4.78 is 5.24. The molecule has 1 aromatic carbocycles. The minimum Gasteiger partial charge on any atom is -0.508 e. The van der Waals surface area contributed by atoms with Gasteiger partial charge in [-0.3, -0.25) is 5.43 Å². The van der Waals surface area contributed by atoms with Gasteiger partial charge in [-0.25, -0.2) is 4.79 Å². The Balaban J connectivity index is 2.60. The fourth-order valence-electron chi connectivity index (χ4n) is 1.76. The Morgan fingerprint density at radius 3 is 2.85 bits per heavy atom. The maximum absolute atomic E-state index is 12.0. The molecule has 0 spiro atoms.